The van der Waals surface area contributed by atoms with Crippen molar-refractivity contribution in [2.75, 3.05) is 29.9 Å². The molecule has 1 aliphatic heterocycles. The molecule has 1 fully saturated rings. The number of rotatable bonds is 6. The van der Waals surface area contributed by atoms with E-state index in [4.69, 9.17) is 4.74 Å². The molecule has 0 unspecified atom stereocenters. The van der Waals surface area contributed by atoms with Gasteiger partial charge in [-0.05, 0) is 38.1 Å². The summed E-state index contributed by atoms with van der Waals surface area (Å²) in [7, 11) is 0. The van der Waals surface area contributed by atoms with Gasteiger partial charge < -0.3 is 19.9 Å². The van der Waals surface area contributed by atoms with Gasteiger partial charge in [0.1, 0.15) is 30.0 Å². The SMILES string of the molecule is C=CC(=O)N1CCN(c2ncc3ncnc(Nc4ccc(Oc5ccn6ncnc6c5)c(C)c4F)c3c2F)C[C@H]1C. The van der Waals surface area contributed by atoms with E-state index in [0.717, 1.165) is 0 Å². The van der Waals surface area contributed by atoms with Gasteiger partial charge in [-0.1, -0.05) is 6.58 Å². The molecule has 0 aliphatic carbocycles. The monoisotopic (exact) mass is 557 g/mol. The van der Waals surface area contributed by atoms with Gasteiger partial charge in [-0.25, -0.2) is 33.2 Å². The third-order valence-corrected chi connectivity index (χ3v) is 7.06. The second-order valence-electron chi connectivity index (χ2n) is 9.61. The number of anilines is 3. The largest absolute Gasteiger partial charge is 0.457 e. The van der Waals surface area contributed by atoms with E-state index in [-0.39, 0.29) is 45.7 Å². The first kappa shape index (κ1) is 26.0. The summed E-state index contributed by atoms with van der Waals surface area (Å²) in [5.41, 5.74) is 1.19. The molecular formula is C28H25F2N9O2. The zero-order valence-corrected chi connectivity index (χ0v) is 22.3. The van der Waals surface area contributed by atoms with Crippen molar-refractivity contribution in [1.82, 2.24) is 34.4 Å². The summed E-state index contributed by atoms with van der Waals surface area (Å²) in [5.74, 6) is -0.403. The number of benzene rings is 1. The maximum Gasteiger partial charge on any atom is 0.246 e. The van der Waals surface area contributed by atoms with E-state index in [9.17, 15) is 4.79 Å². The fourth-order valence-corrected chi connectivity index (χ4v) is 4.90. The summed E-state index contributed by atoms with van der Waals surface area (Å²) in [5, 5.41) is 7.05. The van der Waals surface area contributed by atoms with Gasteiger partial charge in [0, 0.05) is 43.5 Å². The van der Waals surface area contributed by atoms with Crippen molar-refractivity contribution >= 4 is 39.8 Å². The average molecular weight is 558 g/mol. The highest BCUT2D eigenvalue weighted by atomic mass is 19.1. The van der Waals surface area contributed by atoms with Gasteiger partial charge in [-0.15, -0.1) is 0 Å². The van der Waals surface area contributed by atoms with Crippen molar-refractivity contribution in [1.29, 1.82) is 0 Å². The molecule has 0 spiro atoms. The van der Waals surface area contributed by atoms with Gasteiger partial charge >= 0.3 is 0 Å². The Morgan fingerprint density at radius 3 is 2.78 bits per heavy atom. The van der Waals surface area contributed by atoms with Crippen LogP contribution in [0.4, 0.5) is 26.1 Å². The molecule has 1 aromatic carbocycles. The fraction of sp³-hybridized carbons (Fsp3) is 0.214. The van der Waals surface area contributed by atoms with E-state index in [1.807, 2.05) is 6.92 Å². The van der Waals surface area contributed by atoms with Gasteiger partial charge in [0.05, 0.1) is 22.8 Å². The molecule has 0 saturated carbocycles. The van der Waals surface area contributed by atoms with Crippen molar-refractivity contribution in [2.24, 2.45) is 0 Å². The Hall–Kier alpha value is -5.20. The molecule has 1 N–H and O–H groups in total. The maximum atomic E-state index is 16.0. The van der Waals surface area contributed by atoms with Crippen LogP contribution in [0.5, 0.6) is 11.5 Å². The normalized spacial score (nSPS) is 15.4. The highest BCUT2D eigenvalue weighted by Crippen LogP contribution is 2.35. The van der Waals surface area contributed by atoms with Gasteiger partial charge in [-0.2, -0.15) is 5.10 Å². The lowest BCUT2D eigenvalue weighted by Gasteiger charge is -2.40. The number of amides is 1. The first-order valence-corrected chi connectivity index (χ1v) is 12.8. The lowest BCUT2D eigenvalue weighted by molar-refractivity contribution is -0.128. The Morgan fingerprint density at radius 1 is 1.12 bits per heavy atom. The van der Waals surface area contributed by atoms with Gasteiger partial charge in [0.25, 0.3) is 0 Å². The Morgan fingerprint density at radius 2 is 1.98 bits per heavy atom. The van der Waals surface area contributed by atoms with Crippen molar-refractivity contribution in [3.05, 3.63) is 79.2 Å². The van der Waals surface area contributed by atoms with Gasteiger partial charge in [0.15, 0.2) is 23.1 Å². The Labute approximate surface area is 233 Å². The van der Waals surface area contributed by atoms with Crippen LogP contribution < -0.4 is 15.0 Å². The highest BCUT2D eigenvalue weighted by Gasteiger charge is 2.29. The maximum absolute atomic E-state index is 16.0. The van der Waals surface area contributed by atoms with Gasteiger partial charge in [-0.3, -0.25) is 4.79 Å². The lowest BCUT2D eigenvalue weighted by atomic mass is 10.1. The third-order valence-electron chi connectivity index (χ3n) is 7.06. The van der Waals surface area contributed by atoms with E-state index in [0.29, 0.717) is 36.8 Å². The number of carbonyl (C=O) groups excluding carboxylic acids is 1. The number of fused-ring (bicyclic) bond motifs is 2. The third kappa shape index (κ3) is 4.75. The second-order valence-corrected chi connectivity index (χ2v) is 9.61. The van der Waals surface area contributed by atoms with Crippen LogP contribution in [0.2, 0.25) is 0 Å². The zero-order chi connectivity index (χ0) is 28.7. The van der Waals surface area contributed by atoms with Crippen LogP contribution in [0.1, 0.15) is 12.5 Å². The summed E-state index contributed by atoms with van der Waals surface area (Å²) in [4.78, 5) is 32.4. The number of aromatic nitrogens is 6. The van der Waals surface area contributed by atoms with Crippen LogP contribution in [0, 0.1) is 18.6 Å². The van der Waals surface area contributed by atoms with E-state index >= 15 is 8.78 Å². The molecule has 11 nitrogen and oxygen atoms in total. The molecule has 6 rings (SSSR count). The summed E-state index contributed by atoms with van der Waals surface area (Å²) in [6.07, 6.45) is 7.11. The van der Waals surface area contributed by atoms with Crippen LogP contribution >= 0.6 is 0 Å². The summed E-state index contributed by atoms with van der Waals surface area (Å²) in [6.45, 7) is 8.18. The van der Waals surface area contributed by atoms with Crippen LogP contribution in [-0.2, 0) is 4.79 Å². The molecule has 208 valence electrons. The number of nitrogens with zero attached hydrogens (tertiary/aromatic N) is 8. The summed E-state index contributed by atoms with van der Waals surface area (Å²) >= 11 is 0. The van der Waals surface area contributed by atoms with Crippen molar-refractivity contribution in [3.63, 3.8) is 0 Å². The van der Waals surface area contributed by atoms with E-state index < -0.39 is 11.6 Å². The summed E-state index contributed by atoms with van der Waals surface area (Å²) in [6, 6.07) is 6.33. The standard InChI is InChI=1S/C28H25F2N9O2/c1-4-23(40)38-10-9-37(13-16(38)2)28-26(30)24-20(12-31-28)32-14-34-27(24)36-19-5-6-21(17(3)25(19)29)41-18-7-8-39-22(11-18)33-15-35-39/h4-8,11-12,14-16H,1,9-10,13H2,2-3H3,(H,32,34,36)/t16-/m1/s1. The Kier molecular flexibility index (Phi) is 6.61. The first-order chi connectivity index (χ1) is 19.8. The zero-order valence-electron chi connectivity index (χ0n) is 22.3. The average Bonchev–Trinajstić information content (AvgIpc) is 3.45. The number of nitrogens with one attached hydrogen (secondary N) is 1. The minimum absolute atomic E-state index is 0.0775. The van der Waals surface area contributed by atoms with Gasteiger partial charge in [0.2, 0.25) is 5.91 Å². The predicted molar refractivity (Wildman–Crippen MR) is 148 cm³/mol. The topological polar surface area (TPSA) is 114 Å². The second kappa shape index (κ2) is 10.4. The Bertz CT molecular complexity index is 1810. The molecule has 0 bridgehead atoms. The number of hydrogen-bond donors (Lipinski definition) is 1. The molecule has 1 atom stereocenters. The van der Waals surface area contributed by atoms with E-state index in [1.165, 1.54) is 31.0 Å². The molecular weight excluding hydrogens is 532 g/mol. The number of ether oxygens (including phenoxy) is 1. The molecule has 1 aliphatic rings. The minimum Gasteiger partial charge on any atom is -0.457 e. The molecule has 41 heavy (non-hydrogen) atoms. The van der Waals surface area contributed by atoms with Crippen LogP contribution in [0.15, 0.2) is 62.0 Å². The van der Waals surface area contributed by atoms with E-state index in [2.05, 4.69) is 36.9 Å². The smallest absolute Gasteiger partial charge is 0.246 e. The van der Waals surface area contributed by atoms with Crippen LogP contribution in [0.25, 0.3) is 16.6 Å². The lowest BCUT2D eigenvalue weighted by Crippen LogP contribution is -2.54. The van der Waals surface area contributed by atoms with Crippen LogP contribution in [-0.4, -0.2) is 66.0 Å². The molecule has 5 heterocycles. The van der Waals surface area contributed by atoms with Crippen molar-refractivity contribution < 1.29 is 18.3 Å². The van der Waals surface area contributed by atoms with Crippen molar-refractivity contribution in [3.8, 4) is 11.5 Å². The fourth-order valence-electron chi connectivity index (χ4n) is 4.90. The molecule has 1 amide bonds. The minimum atomic E-state index is -0.637. The summed E-state index contributed by atoms with van der Waals surface area (Å²) < 4.78 is 39.0. The number of pyridine rings is 2. The number of hydrogen-bond acceptors (Lipinski definition) is 9. The van der Waals surface area contributed by atoms with Crippen molar-refractivity contribution in [2.45, 2.75) is 19.9 Å². The molecule has 0 radical (unpaired) electrons. The number of piperazine rings is 1. The Balaban J connectivity index is 1.28. The van der Waals surface area contributed by atoms with E-state index in [1.54, 1.807) is 45.6 Å². The molecule has 4 aromatic heterocycles. The number of halogens is 2. The highest BCUT2D eigenvalue weighted by molar-refractivity contribution is 5.93. The first-order valence-electron chi connectivity index (χ1n) is 12.8. The molecule has 13 heteroatoms. The molecule has 5 aromatic rings. The molecule has 1 saturated heterocycles. The predicted octanol–water partition coefficient (Wildman–Crippen LogP) is 4.41. The number of carbonyl (C=O) groups is 1. The van der Waals surface area contributed by atoms with Crippen LogP contribution in [0.3, 0.4) is 0 Å². The quantitative estimate of drug-likeness (QED) is 0.303.